The molecule has 2 heterocycles. The maximum absolute atomic E-state index is 9.80. The summed E-state index contributed by atoms with van der Waals surface area (Å²) in [5, 5.41) is 13.5. The molecular formula is C17H26N2O2. The van der Waals surface area contributed by atoms with Gasteiger partial charge in [-0.05, 0) is 63.4 Å². The van der Waals surface area contributed by atoms with E-state index >= 15 is 0 Å². The summed E-state index contributed by atoms with van der Waals surface area (Å²) in [5.41, 5.74) is 1.22. The number of hydrogen-bond donors (Lipinski definition) is 2. The summed E-state index contributed by atoms with van der Waals surface area (Å²) in [6.45, 7) is 5.81. The topological polar surface area (TPSA) is 44.7 Å². The van der Waals surface area contributed by atoms with Crippen LogP contribution < -0.4 is 10.1 Å². The molecule has 21 heavy (non-hydrogen) atoms. The van der Waals surface area contributed by atoms with Crippen LogP contribution in [0.3, 0.4) is 0 Å². The first-order chi connectivity index (χ1) is 10.3. The summed E-state index contributed by atoms with van der Waals surface area (Å²) < 4.78 is 5.49. The highest BCUT2D eigenvalue weighted by Crippen LogP contribution is 2.30. The van der Waals surface area contributed by atoms with Crippen LogP contribution in [-0.2, 0) is 6.54 Å². The van der Waals surface area contributed by atoms with Crippen LogP contribution in [0.15, 0.2) is 18.2 Å². The number of aromatic hydroxyl groups is 1. The predicted molar refractivity (Wildman–Crippen MR) is 83.7 cm³/mol. The molecule has 2 aliphatic heterocycles. The van der Waals surface area contributed by atoms with Gasteiger partial charge >= 0.3 is 0 Å². The standard InChI is InChI=1S/C17H26N2O2/c1-2-21-17-11-13(7-8-16(17)20)12-19-10-4-6-15(19)14-5-3-9-18-14/h7-8,11,14-15,18,20H,2-6,9-10,12H2,1H3. The first kappa shape index (κ1) is 14.7. The number of hydrogen-bond acceptors (Lipinski definition) is 4. The van der Waals surface area contributed by atoms with Crippen molar-refractivity contribution in [1.82, 2.24) is 10.2 Å². The van der Waals surface area contributed by atoms with Crippen molar-refractivity contribution in [3.8, 4) is 11.5 Å². The van der Waals surface area contributed by atoms with Crippen LogP contribution in [0.25, 0.3) is 0 Å². The zero-order chi connectivity index (χ0) is 14.7. The number of benzene rings is 1. The average molecular weight is 290 g/mol. The molecule has 0 radical (unpaired) electrons. The lowest BCUT2D eigenvalue weighted by Gasteiger charge is -2.29. The van der Waals surface area contributed by atoms with Crippen molar-refractivity contribution >= 4 is 0 Å². The van der Waals surface area contributed by atoms with Gasteiger partial charge in [-0.25, -0.2) is 0 Å². The van der Waals surface area contributed by atoms with Crippen molar-refractivity contribution in [2.45, 2.75) is 51.2 Å². The Kier molecular flexibility index (Phi) is 4.66. The van der Waals surface area contributed by atoms with E-state index < -0.39 is 0 Å². The van der Waals surface area contributed by atoms with E-state index in [2.05, 4.69) is 10.2 Å². The molecule has 2 N–H and O–H groups in total. The van der Waals surface area contributed by atoms with Gasteiger partial charge in [-0.3, -0.25) is 4.90 Å². The Bertz CT molecular complexity index is 472. The van der Waals surface area contributed by atoms with Crippen molar-refractivity contribution in [2.75, 3.05) is 19.7 Å². The molecule has 4 heteroatoms. The minimum Gasteiger partial charge on any atom is -0.504 e. The molecule has 2 aliphatic rings. The molecule has 3 rings (SSSR count). The van der Waals surface area contributed by atoms with Crippen LogP contribution in [0.1, 0.15) is 38.2 Å². The quantitative estimate of drug-likeness (QED) is 0.874. The lowest BCUT2D eigenvalue weighted by molar-refractivity contribution is 0.206. The maximum atomic E-state index is 9.80. The summed E-state index contributed by atoms with van der Waals surface area (Å²) in [4.78, 5) is 2.59. The third kappa shape index (κ3) is 3.33. The summed E-state index contributed by atoms with van der Waals surface area (Å²) in [5.74, 6) is 0.834. The smallest absolute Gasteiger partial charge is 0.161 e. The molecule has 2 fully saturated rings. The lowest BCUT2D eigenvalue weighted by Crippen LogP contribution is -2.43. The molecule has 4 nitrogen and oxygen atoms in total. The first-order valence-electron chi connectivity index (χ1n) is 8.20. The fourth-order valence-electron chi connectivity index (χ4n) is 3.71. The average Bonchev–Trinajstić information content (AvgIpc) is 3.13. The zero-order valence-corrected chi connectivity index (χ0v) is 12.8. The minimum absolute atomic E-state index is 0.232. The number of nitrogens with one attached hydrogen (secondary N) is 1. The van der Waals surface area contributed by atoms with Crippen LogP contribution in [0.2, 0.25) is 0 Å². The molecule has 0 spiro atoms. The predicted octanol–water partition coefficient (Wildman–Crippen LogP) is 2.51. The summed E-state index contributed by atoms with van der Waals surface area (Å²) in [6.07, 6.45) is 5.21. The molecule has 2 atom stereocenters. The van der Waals surface area contributed by atoms with Gasteiger partial charge in [0.15, 0.2) is 11.5 Å². The van der Waals surface area contributed by atoms with Gasteiger partial charge in [-0.1, -0.05) is 6.07 Å². The van der Waals surface area contributed by atoms with Gasteiger partial charge in [0.25, 0.3) is 0 Å². The first-order valence-corrected chi connectivity index (χ1v) is 8.20. The van der Waals surface area contributed by atoms with Crippen LogP contribution in [0, 0.1) is 0 Å². The molecule has 0 bridgehead atoms. The zero-order valence-electron chi connectivity index (χ0n) is 12.8. The summed E-state index contributed by atoms with van der Waals surface area (Å²) in [6, 6.07) is 7.07. The molecule has 2 unspecified atom stereocenters. The van der Waals surface area contributed by atoms with E-state index in [0.29, 0.717) is 24.4 Å². The highest BCUT2D eigenvalue weighted by molar-refractivity contribution is 5.41. The van der Waals surface area contributed by atoms with Crippen molar-refractivity contribution in [3.05, 3.63) is 23.8 Å². The van der Waals surface area contributed by atoms with Gasteiger partial charge in [0.1, 0.15) is 0 Å². The molecular weight excluding hydrogens is 264 g/mol. The Labute approximate surface area is 127 Å². The lowest BCUT2D eigenvalue weighted by atomic mass is 10.0. The van der Waals surface area contributed by atoms with Gasteiger partial charge in [0.2, 0.25) is 0 Å². The second-order valence-corrected chi connectivity index (χ2v) is 6.12. The van der Waals surface area contributed by atoms with Gasteiger partial charge in [0, 0.05) is 18.6 Å². The van der Waals surface area contributed by atoms with E-state index in [1.54, 1.807) is 6.07 Å². The Balaban J connectivity index is 1.68. The normalized spacial score (nSPS) is 26.3. The Morgan fingerprint density at radius 1 is 1.33 bits per heavy atom. The molecule has 116 valence electrons. The van der Waals surface area contributed by atoms with Crippen molar-refractivity contribution in [2.24, 2.45) is 0 Å². The highest BCUT2D eigenvalue weighted by atomic mass is 16.5. The van der Waals surface area contributed by atoms with Crippen molar-refractivity contribution < 1.29 is 9.84 Å². The third-order valence-electron chi connectivity index (χ3n) is 4.69. The SMILES string of the molecule is CCOc1cc(CN2CCCC2C2CCCN2)ccc1O. The minimum atomic E-state index is 0.232. The van der Waals surface area contributed by atoms with Crippen LogP contribution in [-0.4, -0.2) is 41.8 Å². The van der Waals surface area contributed by atoms with E-state index in [9.17, 15) is 5.11 Å². The molecule has 0 saturated carbocycles. The molecule has 1 aromatic carbocycles. The number of likely N-dealkylation sites (tertiary alicyclic amines) is 1. The van der Waals surface area contributed by atoms with E-state index in [4.69, 9.17) is 4.74 Å². The van der Waals surface area contributed by atoms with Crippen LogP contribution in [0.4, 0.5) is 0 Å². The largest absolute Gasteiger partial charge is 0.504 e. The van der Waals surface area contributed by atoms with E-state index in [0.717, 1.165) is 6.54 Å². The number of rotatable bonds is 5. The molecule has 1 aromatic rings. The number of nitrogens with zero attached hydrogens (tertiary/aromatic N) is 1. The van der Waals surface area contributed by atoms with Gasteiger partial charge < -0.3 is 15.2 Å². The third-order valence-corrected chi connectivity index (χ3v) is 4.69. The maximum Gasteiger partial charge on any atom is 0.161 e. The number of phenolic OH excluding ortho intramolecular Hbond substituents is 1. The summed E-state index contributed by atoms with van der Waals surface area (Å²) in [7, 11) is 0. The van der Waals surface area contributed by atoms with Crippen LogP contribution in [0.5, 0.6) is 11.5 Å². The molecule has 0 aliphatic carbocycles. The highest BCUT2D eigenvalue weighted by Gasteiger charge is 2.32. The van der Waals surface area contributed by atoms with Gasteiger partial charge in [-0.15, -0.1) is 0 Å². The number of ether oxygens (including phenoxy) is 1. The van der Waals surface area contributed by atoms with E-state index in [1.165, 1.54) is 44.3 Å². The Morgan fingerprint density at radius 2 is 2.24 bits per heavy atom. The van der Waals surface area contributed by atoms with E-state index in [1.807, 2.05) is 19.1 Å². The monoisotopic (exact) mass is 290 g/mol. The molecule has 2 saturated heterocycles. The summed E-state index contributed by atoms with van der Waals surface area (Å²) >= 11 is 0. The van der Waals surface area contributed by atoms with Crippen molar-refractivity contribution in [3.63, 3.8) is 0 Å². The molecule has 0 amide bonds. The Hall–Kier alpha value is -1.26. The van der Waals surface area contributed by atoms with E-state index in [-0.39, 0.29) is 5.75 Å². The fourth-order valence-corrected chi connectivity index (χ4v) is 3.71. The van der Waals surface area contributed by atoms with Crippen LogP contribution >= 0.6 is 0 Å². The number of phenols is 1. The van der Waals surface area contributed by atoms with Crippen molar-refractivity contribution in [1.29, 1.82) is 0 Å². The van der Waals surface area contributed by atoms with Gasteiger partial charge in [-0.2, -0.15) is 0 Å². The second-order valence-electron chi connectivity index (χ2n) is 6.12. The molecule has 0 aromatic heterocycles. The Morgan fingerprint density at radius 3 is 3.00 bits per heavy atom. The van der Waals surface area contributed by atoms with Gasteiger partial charge in [0.05, 0.1) is 6.61 Å². The fraction of sp³-hybridized carbons (Fsp3) is 0.647. The second kappa shape index (κ2) is 6.67.